The van der Waals surface area contributed by atoms with Gasteiger partial charge >= 0.3 is 0 Å². The van der Waals surface area contributed by atoms with E-state index in [2.05, 4.69) is 42.2 Å². The van der Waals surface area contributed by atoms with Crippen molar-refractivity contribution in [2.24, 2.45) is 4.99 Å². The molecule has 2 aromatic rings. The molecule has 1 aromatic carbocycles. The molecule has 0 fully saturated rings. The van der Waals surface area contributed by atoms with Gasteiger partial charge in [0.25, 0.3) is 6.54 Å². The lowest BCUT2D eigenvalue weighted by Gasteiger charge is -2.09. The molecule has 0 spiro atoms. The van der Waals surface area contributed by atoms with Crippen LogP contribution in [-0.2, 0) is 12.3 Å². The van der Waals surface area contributed by atoms with Gasteiger partial charge in [0.15, 0.2) is 0 Å². The Morgan fingerprint density at radius 1 is 1.40 bits per heavy atom. The van der Waals surface area contributed by atoms with Crippen molar-refractivity contribution in [3.05, 3.63) is 45.9 Å². The molecule has 6 nitrogen and oxygen atoms in total. The van der Waals surface area contributed by atoms with Gasteiger partial charge in [-0.15, -0.1) is 11.8 Å². The third-order valence-electron chi connectivity index (χ3n) is 3.50. The van der Waals surface area contributed by atoms with Crippen LogP contribution in [0.4, 0.5) is 0 Å². The van der Waals surface area contributed by atoms with Crippen molar-refractivity contribution in [1.82, 2.24) is 4.90 Å². The summed E-state index contributed by atoms with van der Waals surface area (Å²) in [5, 5.41) is 13.4. The average molecular weight is 382 g/mol. The Balaban J connectivity index is 1.90. The van der Waals surface area contributed by atoms with Crippen LogP contribution < -0.4 is 0 Å². The number of aliphatic imine (C=N–C) groups is 1. The zero-order valence-corrected chi connectivity index (χ0v) is 16.4. The fourth-order valence-corrected chi connectivity index (χ4v) is 3.64. The van der Waals surface area contributed by atoms with Gasteiger partial charge in [-0.05, 0) is 32.0 Å². The number of thioether (sulfide) groups is 2. The Morgan fingerprint density at radius 2 is 2.20 bits per heavy atom. The highest BCUT2D eigenvalue weighted by atomic mass is 32.2. The molecule has 0 N–H and O–H groups in total. The van der Waals surface area contributed by atoms with E-state index in [-0.39, 0.29) is 11.5 Å². The average Bonchev–Trinajstić information content (AvgIpc) is 2.95. The van der Waals surface area contributed by atoms with E-state index in [1.807, 2.05) is 6.26 Å². The molecular weight excluding hydrogens is 358 g/mol. The summed E-state index contributed by atoms with van der Waals surface area (Å²) in [7, 11) is 4.11. The number of nitro groups is 1. The monoisotopic (exact) mass is 381 g/mol. The highest BCUT2D eigenvalue weighted by molar-refractivity contribution is 8.13. The van der Waals surface area contributed by atoms with E-state index in [0.717, 1.165) is 34.6 Å². The van der Waals surface area contributed by atoms with Gasteiger partial charge in [0.2, 0.25) is 0 Å². The van der Waals surface area contributed by atoms with Crippen LogP contribution in [0, 0.1) is 10.1 Å². The van der Waals surface area contributed by atoms with Gasteiger partial charge in [0.05, 0.1) is 12.0 Å². The first-order valence-electron chi connectivity index (χ1n) is 7.90. The number of furan rings is 1. The smallest absolute Gasteiger partial charge is 0.250 e. The summed E-state index contributed by atoms with van der Waals surface area (Å²) in [5.41, 5.74) is 1.26. The molecule has 0 saturated heterocycles. The molecule has 0 aliphatic heterocycles. The van der Waals surface area contributed by atoms with Crippen molar-refractivity contribution in [3.8, 4) is 0 Å². The van der Waals surface area contributed by atoms with Crippen LogP contribution in [0.5, 0.6) is 0 Å². The Morgan fingerprint density at radius 3 is 2.88 bits per heavy atom. The molecule has 0 saturated carbocycles. The van der Waals surface area contributed by atoms with Crippen molar-refractivity contribution in [3.63, 3.8) is 0 Å². The zero-order chi connectivity index (χ0) is 18.2. The molecule has 0 radical (unpaired) electrons. The van der Waals surface area contributed by atoms with Gasteiger partial charge in [-0.3, -0.25) is 15.1 Å². The molecule has 0 amide bonds. The summed E-state index contributed by atoms with van der Waals surface area (Å²) < 4.78 is 5.71. The Labute approximate surface area is 156 Å². The number of nitrogens with zero attached hydrogens (tertiary/aromatic N) is 3. The predicted octanol–water partition coefficient (Wildman–Crippen LogP) is 3.77. The van der Waals surface area contributed by atoms with Gasteiger partial charge in [-0.2, -0.15) is 11.8 Å². The zero-order valence-electron chi connectivity index (χ0n) is 14.7. The van der Waals surface area contributed by atoms with E-state index >= 15 is 0 Å². The second-order valence-corrected chi connectivity index (χ2v) is 7.83. The second-order valence-electron chi connectivity index (χ2n) is 5.84. The van der Waals surface area contributed by atoms with Crippen LogP contribution in [0.1, 0.15) is 11.3 Å². The number of rotatable bonds is 9. The highest BCUT2D eigenvalue weighted by Crippen LogP contribution is 2.26. The number of fused-ring (bicyclic) bond motifs is 1. The molecule has 8 heteroatoms. The largest absolute Gasteiger partial charge is 0.467 e. The third-order valence-corrected chi connectivity index (χ3v) is 5.17. The minimum Gasteiger partial charge on any atom is -0.467 e. The maximum atomic E-state index is 10.5. The van der Waals surface area contributed by atoms with Gasteiger partial charge in [-0.1, -0.05) is 12.1 Å². The molecule has 1 heterocycles. The summed E-state index contributed by atoms with van der Waals surface area (Å²) in [6.07, 6.45) is 3.61. The molecule has 136 valence electrons. The Kier molecular flexibility index (Phi) is 7.80. The van der Waals surface area contributed by atoms with Crippen molar-refractivity contribution in [2.45, 2.75) is 12.3 Å². The lowest BCUT2D eigenvalue weighted by atomic mass is 10.1. The molecule has 0 aliphatic carbocycles. The van der Waals surface area contributed by atoms with Gasteiger partial charge in [-0.25, -0.2) is 0 Å². The topological polar surface area (TPSA) is 71.9 Å². The molecule has 0 unspecified atom stereocenters. The number of hydrogen-bond acceptors (Lipinski definition) is 7. The summed E-state index contributed by atoms with van der Waals surface area (Å²) in [4.78, 5) is 16.6. The van der Waals surface area contributed by atoms with E-state index < -0.39 is 0 Å². The van der Waals surface area contributed by atoms with Crippen LogP contribution >= 0.6 is 23.5 Å². The SMILES string of the molecule is CSC(C[N+](=O)[O-])=NCCSCc1occ2ccc(CN(C)C)cc12. The molecular formula is C17H23N3O3S2. The lowest BCUT2D eigenvalue weighted by molar-refractivity contribution is -0.462. The summed E-state index contributed by atoms with van der Waals surface area (Å²) in [6.45, 7) is 1.29. The Hall–Kier alpha value is -1.51. The molecule has 25 heavy (non-hydrogen) atoms. The summed E-state index contributed by atoms with van der Waals surface area (Å²) in [5.74, 6) is 2.55. The van der Waals surface area contributed by atoms with E-state index in [1.54, 1.807) is 18.0 Å². The van der Waals surface area contributed by atoms with E-state index in [0.29, 0.717) is 11.6 Å². The van der Waals surface area contributed by atoms with E-state index in [4.69, 9.17) is 4.42 Å². The standard InChI is InChI=1S/C17H23N3O3S2/c1-19(2)9-13-4-5-14-11-23-16(15(14)8-13)12-25-7-6-18-17(24-3)10-20(21)22/h4-5,8,11H,6-7,9-10,12H2,1-3H3. The fourth-order valence-electron chi connectivity index (χ4n) is 2.41. The molecule has 2 rings (SSSR count). The normalized spacial score (nSPS) is 12.2. The number of hydrogen-bond donors (Lipinski definition) is 0. The van der Waals surface area contributed by atoms with Gasteiger partial charge in [0, 0.05) is 34.5 Å². The predicted molar refractivity (Wildman–Crippen MR) is 107 cm³/mol. The fraction of sp³-hybridized carbons (Fsp3) is 0.471. The van der Waals surface area contributed by atoms with E-state index in [9.17, 15) is 10.1 Å². The molecule has 0 bridgehead atoms. The number of benzene rings is 1. The van der Waals surface area contributed by atoms with Crippen molar-refractivity contribution >= 4 is 39.3 Å². The molecule has 0 atom stereocenters. The first kappa shape index (κ1) is 19.8. The maximum Gasteiger partial charge on any atom is 0.250 e. The van der Waals surface area contributed by atoms with Crippen LogP contribution in [0.25, 0.3) is 10.8 Å². The first-order valence-corrected chi connectivity index (χ1v) is 10.3. The molecule has 0 aliphatic rings. The van der Waals surface area contributed by atoms with Crippen molar-refractivity contribution in [1.29, 1.82) is 0 Å². The summed E-state index contributed by atoms with van der Waals surface area (Å²) >= 11 is 3.07. The second kappa shape index (κ2) is 9.84. The van der Waals surface area contributed by atoms with Gasteiger partial charge < -0.3 is 9.32 Å². The van der Waals surface area contributed by atoms with Crippen LogP contribution in [-0.4, -0.2) is 54.1 Å². The maximum absolute atomic E-state index is 10.5. The van der Waals surface area contributed by atoms with Crippen LogP contribution in [0.2, 0.25) is 0 Å². The summed E-state index contributed by atoms with van der Waals surface area (Å²) in [6, 6.07) is 6.41. The molecule has 1 aromatic heterocycles. The van der Waals surface area contributed by atoms with Crippen LogP contribution in [0.3, 0.4) is 0 Å². The quantitative estimate of drug-likeness (QED) is 0.216. The first-order chi connectivity index (χ1) is 12.0. The third kappa shape index (κ3) is 6.37. The Bertz CT molecular complexity index is 744. The van der Waals surface area contributed by atoms with Crippen molar-refractivity contribution < 1.29 is 9.34 Å². The van der Waals surface area contributed by atoms with Gasteiger partial charge in [0.1, 0.15) is 10.8 Å². The minimum atomic E-state index is -0.344. The highest BCUT2D eigenvalue weighted by Gasteiger charge is 2.08. The van der Waals surface area contributed by atoms with Crippen molar-refractivity contribution in [2.75, 3.05) is 39.2 Å². The van der Waals surface area contributed by atoms with E-state index in [1.165, 1.54) is 17.3 Å². The van der Waals surface area contributed by atoms with Crippen LogP contribution in [0.15, 0.2) is 33.9 Å². The lowest BCUT2D eigenvalue weighted by Crippen LogP contribution is -2.11. The minimum absolute atomic E-state index is 0.191.